The minimum Gasteiger partial charge on any atom is -0.357 e. The highest BCUT2D eigenvalue weighted by molar-refractivity contribution is 9.10. The number of rotatable bonds is 8. The number of amides is 1. The Morgan fingerprint density at radius 2 is 2.08 bits per heavy atom. The Labute approximate surface area is 166 Å². The van der Waals surface area contributed by atoms with Crippen LogP contribution < -0.4 is 16.0 Å². The summed E-state index contributed by atoms with van der Waals surface area (Å²) in [4.78, 5) is 22.2. The highest BCUT2D eigenvalue weighted by atomic mass is 79.9. The van der Waals surface area contributed by atoms with E-state index in [1.165, 1.54) is 4.88 Å². The van der Waals surface area contributed by atoms with E-state index in [4.69, 9.17) is 0 Å². The molecule has 8 heteroatoms. The van der Waals surface area contributed by atoms with Gasteiger partial charge in [0.25, 0.3) is 5.91 Å². The molecule has 1 aromatic carbocycles. The summed E-state index contributed by atoms with van der Waals surface area (Å²) in [6, 6.07) is 7.33. The molecule has 2 aromatic rings. The zero-order valence-corrected chi connectivity index (χ0v) is 17.4. The van der Waals surface area contributed by atoms with Gasteiger partial charge in [-0.2, -0.15) is 0 Å². The van der Waals surface area contributed by atoms with Gasteiger partial charge in [-0.05, 0) is 32.0 Å². The molecule has 0 bridgehead atoms. The highest BCUT2D eigenvalue weighted by Crippen LogP contribution is 2.12. The third-order valence-corrected chi connectivity index (χ3v) is 4.86. The van der Waals surface area contributed by atoms with Crippen molar-refractivity contribution in [1.29, 1.82) is 0 Å². The fraction of sp³-hybridized carbons (Fsp3) is 0.389. The zero-order valence-electron chi connectivity index (χ0n) is 15.0. The van der Waals surface area contributed by atoms with E-state index in [0.29, 0.717) is 25.2 Å². The number of aryl methyl sites for hydroxylation is 1. The number of hydrogen-bond donors (Lipinski definition) is 3. The Hall–Kier alpha value is -1.93. The summed E-state index contributed by atoms with van der Waals surface area (Å²) in [5.41, 5.74) is 0.638. The number of nitrogens with one attached hydrogen (secondary N) is 3. The Kier molecular flexibility index (Phi) is 8.57. The molecule has 0 spiro atoms. The lowest BCUT2D eigenvalue weighted by Gasteiger charge is -2.12. The summed E-state index contributed by atoms with van der Waals surface area (Å²) in [6.07, 6.45) is 2.72. The number of aliphatic imine (C=N–C) groups is 1. The molecule has 0 saturated heterocycles. The van der Waals surface area contributed by atoms with Crippen molar-refractivity contribution in [2.75, 3.05) is 26.2 Å². The minimum absolute atomic E-state index is 0.0887. The van der Waals surface area contributed by atoms with Gasteiger partial charge in [0.2, 0.25) is 0 Å². The maximum Gasteiger partial charge on any atom is 0.251 e. The molecule has 0 aliphatic heterocycles. The first-order valence-electron chi connectivity index (χ1n) is 8.55. The number of carbonyl (C=O) groups is 1. The SMILES string of the molecule is CCNC(=NCCc1ncc(C)s1)NCCNC(=O)c1cccc(Br)c1. The van der Waals surface area contributed by atoms with E-state index in [0.717, 1.165) is 28.4 Å². The quantitative estimate of drug-likeness (QED) is 0.337. The number of halogens is 1. The van der Waals surface area contributed by atoms with Crippen LogP contribution in [0.3, 0.4) is 0 Å². The van der Waals surface area contributed by atoms with Crippen molar-refractivity contribution in [3.8, 4) is 0 Å². The van der Waals surface area contributed by atoms with E-state index in [2.05, 4.69) is 48.8 Å². The van der Waals surface area contributed by atoms with Gasteiger partial charge in [0.15, 0.2) is 5.96 Å². The number of carbonyl (C=O) groups excluding carboxylic acids is 1. The second-order valence-corrected chi connectivity index (χ2v) is 7.80. The normalized spacial score (nSPS) is 11.3. The fourth-order valence-corrected chi connectivity index (χ4v) is 3.39. The van der Waals surface area contributed by atoms with E-state index in [-0.39, 0.29) is 5.91 Å². The Bertz CT molecular complexity index is 747. The second-order valence-electron chi connectivity index (χ2n) is 5.57. The molecule has 26 heavy (non-hydrogen) atoms. The molecule has 1 amide bonds. The molecule has 0 saturated carbocycles. The molecule has 0 aliphatic carbocycles. The van der Waals surface area contributed by atoms with Crippen molar-refractivity contribution in [3.05, 3.63) is 50.4 Å². The van der Waals surface area contributed by atoms with Crippen molar-refractivity contribution < 1.29 is 4.79 Å². The Morgan fingerprint density at radius 3 is 2.77 bits per heavy atom. The summed E-state index contributed by atoms with van der Waals surface area (Å²) < 4.78 is 0.889. The van der Waals surface area contributed by atoms with Crippen molar-refractivity contribution in [2.24, 2.45) is 4.99 Å². The lowest BCUT2D eigenvalue weighted by molar-refractivity contribution is 0.0954. The average Bonchev–Trinajstić information content (AvgIpc) is 3.03. The van der Waals surface area contributed by atoms with Gasteiger partial charge in [0, 0.05) is 53.7 Å². The summed E-state index contributed by atoms with van der Waals surface area (Å²) in [5.74, 6) is 0.659. The molecule has 140 valence electrons. The van der Waals surface area contributed by atoms with Gasteiger partial charge < -0.3 is 16.0 Å². The van der Waals surface area contributed by atoms with Gasteiger partial charge in [-0.15, -0.1) is 11.3 Å². The second kappa shape index (κ2) is 10.9. The van der Waals surface area contributed by atoms with Crippen molar-refractivity contribution in [3.63, 3.8) is 0 Å². The maximum absolute atomic E-state index is 12.1. The lowest BCUT2D eigenvalue weighted by atomic mass is 10.2. The minimum atomic E-state index is -0.0887. The molecule has 0 fully saturated rings. The van der Waals surface area contributed by atoms with Crippen LogP contribution in [0, 0.1) is 6.92 Å². The molecule has 0 radical (unpaired) electrons. The van der Waals surface area contributed by atoms with Crippen molar-refractivity contribution in [2.45, 2.75) is 20.3 Å². The summed E-state index contributed by atoms with van der Waals surface area (Å²) in [7, 11) is 0. The van der Waals surface area contributed by atoms with Gasteiger partial charge in [0.1, 0.15) is 0 Å². The van der Waals surface area contributed by atoms with Gasteiger partial charge in [-0.25, -0.2) is 4.98 Å². The van der Waals surface area contributed by atoms with Crippen LogP contribution in [0.4, 0.5) is 0 Å². The van der Waals surface area contributed by atoms with E-state index in [1.807, 2.05) is 25.3 Å². The predicted molar refractivity (Wildman–Crippen MR) is 111 cm³/mol. The number of benzene rings is 1. The van der Waals surface area contributed by atoms with E-state index in [1.54, 1.807) is 23.5 Å². The van der Waals surface area contributed by atoms with Crippen LogP contribution in [-0.2, 0) is 6.42 Å². The van der Waals surface area contributed by atoms with E-state index in [9.17, 15) is 4.79 Å². The summed E-state index contributed by atoms with van der Waals surface area (Å²) in [6.45, 7) is 6.65. The van der Waals surface area contributed by atoms with Gasteiger partial charge >= 0.3 is 0 Å². The fourth-order valence-electron chi connectivity index (χ4n) is 2.21. The molecule has 2 rings (SSSR count). The topological polar surface area (TPSA) is 78.4 Å². The molecule has 6 nitrogen and oxygen atoms in total. The lowest BCUT2D eigenvalue weighted by Crippen LogP contribution is -2.41. The first-order valence-corrected chi connectivity index (χ1v) is 10.2. The van der Waals surface area contributed by atoms with Crippen molar-refractivity contribution in [1.82, 2.24) is 20.9 Å². The van der Waals surface area contributed by atoms with Crippen molar-refractivity contribution >= 4 is 39.1 Å². The van der Waals surface area contributed by atoms with Gasteiger partial charge in [-0.1, -0.05) is 22.0 Å². The number of aromatic nitrogens is 1. The maximum atomic E-state index is 12.1. The molecule has 3 N–H and O–H groups in total. The third kappa shape index (κ3) is 7.13. The molecular formula is C18H24BrN5OS. The van der Waals surface area contributed by atoms with Gasteiger partial charge in [-0.3, -0.25) is 9.79 Å². The molecule has 1 heterocycles. The summed E-state index contributed by atoms with van der Waals surface area (Å²) >= 11 is 5.08. The van der Waals surface area contributed by atoms with Crippen LogP contribution in [0.25, 0.3) is 0 Å². The highest BCUT2D eigenvalue weighted by Gasteiger charge is 2.05. The Balaban J connectivity index is 1.73. The number of nitrogens with zero attached hydrogens (tertiary/aromatic N) is 2. The van der Waals surface area contributed by atoms with Crippen LogP contribution in [-0.4, -0.2) is 43.0 Å². The van der Waals surface area contributed by atoms with Crippen LogP contribution >= 0.6 is 27.3 Å². The zero-order chi connectivity index (χ0) is 18.8. The standard InChI is InChI=1S/C18H24BrN5OS/c1-3-20-18(22-8-7-16-24-12-13(2)26-16)23-10-9-21-17(25)14-5-4-6-15(19)11-14/h4-6,11-12H,3,7-10H2,1-2H3,(H,21,25)(H2,20,22,23). The van der Waals surface area contributed by atoms with E-state index >= 15 is 0 Å². The van der Waals surface area contributed by atoms with Crippen LogP contribution in [0.15, 0.2) is 39.9 Å². The Morgan fingerprint density at radius 1 is 1.27 bits per heavy atom. The monoisotopic (exact) mass is 437 g/mol. The predicted octanol–water partition coefficient (Wildman–Crippen LogP) is 2.74. The molecule has 0 aliphatic rings. The molecule has 1 aromatic heterocycles. The first kappa shape index (κ1) is 20.4. The van der Waals surface area contributed by atoms with Gasteiger partial charge in [0.05, 0.1) is 5.01 Å². The van der Waals surface area contributed by atoms with Crippen LogP contribution in [0.2, 0.25) is 0 Å². The smallest absolute Gasteiger partial charge is 0.251 e. The first-order chi connectivity index (χ1) is 12.6. The molecule has 0 unspecified atom stereocenters. The average molecular weight is 438 g/mol. The number of hydrogen-bond acceptors (Lipinski definition) is 4. The molecule has 0 atom stereocenters. The molecular weight excluding hydrogens is 414 g/mol. The van der Waals surface area contributed by atoms with E-state index < -0.39 is 0 Å². The largest absolute Gasteiger partial charge is 0.357 e. The number of guanidine groups is 1. The summed E-state index contributed by atoms with van der Waals surface area (Å²) in [5, 5.41) is 10.4. The number of thiazole rings is 1. The van der Waals surface area contributed by atoms with Crippen LogP contribution in [0.1, 0.15) is 27.2 Å². The third-order valence-electron chi connectivity index (χ3n) is 3.40. The van der Waals surface area contributed by atoms with Crippen LogP contribution in [0.5, 0.6) is 0 Å².